The molecule has 428 valence electrons. The minimum atomic E-state index is -0.230. The molecule has 1 atom stereocenters. The number of amides is 1. The number of nitrogens with zero attached hydrogens (tertiary/aromatic N) is 1. The van der Waals surface area contributed by atoms with Gasteiger partial charge in [-0.05, 0) is 51.4 Å². The van der Waals surface area contributed by atoms with Gasteiger partial charge in [-0.3, -0.25) is 9.59 Å². The van der Waals surface area contributed by atoms with Gasteiger partial charge in [0.25, 0.3) is 0 Å². The van der Waals surface area contributed by atoms with E-state index in [1.165, 1.54) is 315 Å². The molecule has 0 aromatic carbocycles. The maximum Gasteiger partial charge on any atom is 0.306 e. The molecule has 1 amide bonds. The molecule has 0 aliphatic carbocycles. The van der Waals surface area contributed by atoms with E-state index < -0.39 is 0 Å². The molecule has 0 rings (SSSR count). The van der Waals surface area contributed by atoms with Crippen LogP contribution in [0.5, 0.6) is 0 Å². The SMILES string of the molecule is CCCCCCCCCCCCCCCCCCCCCC/C=C/CCCCCCCCCCCCCCCCC(CC(=O)OCCCCCCCC)C(=O)N(CCCCCCCC)CCCCCCCC. The molecule has 0 aliphatic heterocycles. The van der Waals surface area contributed by atoms with E-state index in [0.29, 0.717) is 6.61 Å². The van der Waals surface area contributed by atoms with Gasteiger partial charge < -0.3 is 9.64 Å². The second-order valence-electron chi connectivity index (χ2n) is 23.3. The fraction of sp³-hybridized carbons (Fsp3) is 0.941. The van der Waals surface area contributed by atoms with Gasteiger partial charge in [-0.15, -0.1) is 0 Å². The highest BCUT2D eigenvalue weighted by Crippen LogP contribution is 2.22. The molecule has 0 heterocycles. The molecular weight excluding hydrogens is 879 g/mol. The average molecular weight is 1010 g/mol. The van der Waals surface area contributed by atoms with Gasteiger partial charge in [-0.1, -0.05) is 342 Å². The lowest BCUT2D eigenvalue weighted by Crippen LogP contribution is -2.38. The van der Waals surface area contributed by atoms with Crippen molar-refractivity contribution in [2.24, 2.45) is 5.92 Å². The fourth-order valence-electron chi connectivity index (χ4n) is 10.9. The molecule has 0 saturated carbocycles. The Balaban J connectivity index is 4.06. The van der Waals surface area contributed by atoms with Crippen molar-refractivity contribution in [1.29, 1.82) is 0 Å². The lowest BCUT2D eigenvalue weighted by molar-refractivity contribution is -0.149. The Hall–Kier alpha value is -1.32. The summed E-state index contributed by atoms with van der Waals surface area (Å²) in [6.07, 6.45) is 78.3. The van der Waals surface area contributed by atoms with Crippen LogP contribution in [-0.2, 0) is 14.3 Å². The van der Waals surface area contributed by atoms with Crippen molar-refractivity contribution in [3.8, 4) is 0 Å². The van der Waals surface area contributed by atoms with Crippen LogP contribution in [0.1, 0.15) is 387 Å². The van der Waals surface area contributed by atoms with E-state index >= 15 is 0 Å². The van der Waals surface area contributed by atoms with Gasteiger partial charge >= 0.3 is 5.97 Å². The zero-order valence-corrected chi connectivity index (χ0v) is 50.1. The summed E-state index contributed by atoms with van der Waals surface area (Å²) in [6, 6.07) is 0. The van der Waals surface area contributed by atoms with Crippen LogP contribution in [0.2, 0.25) is 0 Å². The first-order chi connectivity index (χ1) is 35.6. The van der Waals surface area contributed by atoms with E-state index in [2.05, 4.69) is 44.7 Å². The molecule has 72 heavy (non-hydrogen) atoms. The number of hydrogen-bond donors (Lipinski definition) is 0. The number of rotatable bonds is 62. The van der Waals surface area contributed by atoms with Crippen LogP contribution in [0.25, 0.3) is 0 Å². The molecule has 0 aromatic rings. The van der Waals surface area contributed by atoms with E-state index in [1.54, 1.807) is 0 Å². The van der Waals surface area contributed by atoms with E-state index in [1.807, 2.05) is 0 Å². The Morgan fingerprint density at radius 2 is 0.569 bits per heavy atom. The standard InChI is InChI=1S/C68H133NO3/c1-5-9-13-17-21-22-23-24-25-26-27-28-29-30-31-32-33-34-35-36-37-38-39-40-41-42-43-44-45-46-47-48-49-50-51-52-53-57-61-66(65-67(70)72-64-60-56-20-16-12-8-4)68(71)69(62-58-54-18-14-10-6-2)63-59-55-19-15-11-7-3/h38-39,66H,5-37,40-65H2,1-4H3/b39-38+. The highest BCUT2D eigenvalue weighted by molar-refractivity contribution is 5.83. The topological polar surface area (TPSA) is 46.6 Å². The second-order valence-corrected chi connectivity index (χ2v) is 23.3. The maximum absolute atomic E-state index is 14.2. The number of ether oxygens (including phenoxy) is 1. The Morgan fingerprint density at radius 3 is 0.875 bits per heavy atom. The lowest BCUT2D eigenvalue weighted by Gasteiger charge is -2.27. The molecule has 0 aliphatic rings. The van der Waals surface area contributed by atoms with Gasteiger partial charge in [0.15, 0.2) is 0 Å². The van der Waals surface area contributed by atoms with Gasteiger partial charge in [0.05, 0.1) is 13.0 Å². The first-order valence-electron chi connectivity index (χ1n) is 33.7. The molecule has 0 saturated heterocycles. The van der Waals surface area contributed by atoms with Crippen LogP contribution in [0, 0.1) is 5.92 Å². The monoisotopic (exact) mass is 1010 g/mol. The summed E-state index contributed by atoms with van der Waals surface area (Å²) in [5, 5.41) is 0. The average Bonchev–Trinajstić information content (AvgIpc) is 3.38. The maximum atomic E-state index is 14.2. The fourth-order valence-corrected chi connectivity index (χ4v) is 10.9. The third-order valence-electron chi connectivity index (χ3n) is 16.0. The van der Waals surface area contributed by atoms with E-state index in [9.17, 15) is 9.59 Å². The van der Waals surface area contributed by atoms with Gasteiger partial charge in [0.2, 0.25) is 5.91 Å². The molecule has 0 spiro atoms. The number of carbonyl (C=O) groups excluding carboxylic acids is 2. The predicted molar refractivity (Wildman–Crippen MR) is 321 cm³/mol. The normalized spacial score (nSPS) is 12.1. The van der Waals surface area contributed by atoms with Crippen LogP contribution in [0.4, 0.5) is 0 Å². The summed E-state index contributed by atoms with van der Waals surface area (Å²) >= 11 is 0. The zero-order valence-electron chi connectivity index (χ0n) is 50.1. The van der Waals surface area contributed by atoms with Crippen molar-refractivity contribution in [2.75, 3.05) is 19.7 Å². The van der Waals surface area contributed by atoms with Gasteiger partial charge in [0.1, 0.15) is 0 Å². The highest BCUT2D eigenvalue weighted by Gasteiger charge is 2.27. The Morgan fingerprint density at radius 1 is 0.319 bits per heavy atom. The quantitative estimate of drug-likeness (QED) is 0.0346. The van der Waals surface area contributed by atoms with Crippen LogP contribution in [-0.4, -0.2) is 36.5 Å². The first-order valence-corrected chi connectivity index (χ1v) is 33.7. The van der Waals surface area contributed by atoms with E-state index in [-0.39, 0.29) is 24.2 Å². The Kier molecular flexibility index (Phi) is 61.1. The van der Waals surface area contributed by atoms with Crippen LogP contribution in [0.15, 0.2) is 12.2 Å². The molecular formula is C68H133NO3. The summed E-state index contributed by atoms with van der Waals surface area (Å²) in [5.74, 6) is -0.158. The lowest BCUT2D eigenvalue weighted by atomic mass is 9.95. The highest BCUT2D eigenvalue weighted by atomic mass is 16.5. The number of esters is 1. The van der Waals surface area contributed by atoms with E-state index in [0.717, 1.165) is 51.6 Å². The summed E-state index contributed by atoms with van der Waals surface area (Å²) < 4.78 is 5.75. The number of unbranched alkanes of at least 4 members (excludes halogenated alkanes) is 49. The van der Waals surface area contributed by atoms with Crippen molar-refractivity contribution in [2.45, 2.75) is 387 Å². The number of allylic oxidation sites excluding steroid dienone is 2. The van der Waals surface area contributed by atoms with Crippen molar-refractivity contribution >= 4 is 11.9 Å². The van der Waals surface area contributed by atoms with Crippen LogP contribution >= 0.6 is 0 Å². The molecule has 0 N–H and O–H groups in total. The summed E-state index contributed by atoms with van der Waals surface area (Å²) in [7, 11) is 0. The predicted octanol–water partition coefficient (Wildman–Crippen LogP) is 23.5. The Labute approximate surface area is 454 Å². The zero-order chi connectivity index (χ0) is 52.2. The van der Waals surface area contributed by atoms with Crippen molar-refractivity contribution in [3.63, 3.8) is 0 Å². The molecule has 1 unspecified atom stereocenters. The van der Waals surface area contributed by atoms with Crippen molar-refractivity contribution in [3.05, 3.63) is 12.2 Å². The third kappa shape index (κ3) is 54.9. The summed E-state index contributed by atoms with van der Waals surface area (Å²) in [4.78, 5) is 29.5. The molecule has 4 nitrogen and oxygen atoms in total. The molecule has 4 heteroatoms. The molecule has 0 bridgehead atoms. The summed E-state index contributed by atoms with van der Waals surface area (Å²) in [5.41, 5.74) is 0. The third-order valence-corrected chi connectivity index (χ3v) is 16.0. The van der Waals surface area contributed by atoms with Gasteiger partial charge in [-0.25, -0.2) is 0 Å². The first kappa shape index (κ1) is 70.7. The molecule has 0 radical (unpaired) electrons. The minimum Gasteiger partial charge on any atom is -0.466 e. The Bertz CT molecular complexity index is 1060. The van der Waals surface area contributed by atoms with E-state index in [4.69, 9.17) is 4.74 Å². The van der Waals surface area contributed by atoms with Crippen LogP contribution in [0.3, 0.4) is 0 Å². The molecule has 0 aromatic heterocycles. The number of carbonyl (C=O) groups is 2. The number of hydrogen-bond acceptors (Lipinski definition) is 3. The van der Waals surface area contributed by atoms with Crippen LogP contribution < -0.4 is 0 Å². The smallest absolute Gasteiger partial charge is 0.306 e. The minimum absolute atomic E-state index is 0.157. The van der Waals surface area contributed by atoms with Gasteiger partial charge in [-0.2, -0.15) is 0 Å². The largest absolute Gasteiger partial charge is 0.466 e. The van der Waals surface area contributed by atoms with Gasteiger partial charge in [0, 0.05) is 19.0 Å². The second kappa shape index (κ2) is 62.2. The van der Waals surface area contributed by atoms with Crippen molar-refractivity contribution < 1.29 is 14.3 Å². The van der Waals surface area contributed by atoms with Crippen molar-refractivity contribution in [1.82, 2.24) is 4.90 Å². The summed E-state index contributed by atoms with van der Waals surface area (Å²) in [6.45, 7) is 11.3. The molecule has 0 fully saturated rings.